The Kier molecular flexibility index (Phi) is 7.64. The van der Waals surface area contributed by atoms with Gasteiger partial charge in [0.05, 0.1) is 13.0 Å². The smallest absolute Gasteiger partial charge is 0.224 e. The van der Waals surface area contributed by atoms with Gasteiger partial charge in [-0.15, -0.1) is 0 Å². The number of likely N-dealkylation sites (tertiary alicyclic amines) is 1. The minimum Gasteiger partial charge on any atom is -0.384 e. The fourth-order valence-electron chi connectivity index (χ4n) is 5.27. The first-order valence-corrected chi connectivity index (χ1v) is 12.3. The van der Waals surface area contributed by atoms with Gasteiger partial charge in [0.2, 0.25) is 5.91 Å². The summed E-state index contributed by atoms with van der Waals surface area (Å²) in [6.07, 6.45) is 5.20. The van der Waals surface area contributed by atoms with E-state index in [0.29, 0.717) is 18.9 Å². The van der Waals surface area contributed by atoms with Crippen molar-refractivity contribution in [3.63, 3.8) is 0 Å². The highest BCUT2D eigenvalue weighted by molar-refractivity contribution is 5.76. The summed E-state index contributed by atoms with van der Waals surface area (Å²) in [5, 5.41) is 0. The molecule has 0 spiro atoms. The van der Waals surface area contributed by atoms with Crippen molar-refractivity contribution in [2.45, 2.75) is 57.9 Å². The Morgan fingerprint density at radius 3 is 2.56 bits per heavy atom. The number of rotatable bonds is 7. The van der Waals surface area contributed by atoms with Crippen LogP contribution >= 0.6 is 0 Å². The second-order valence-electron chi connectivity index (χ2n) is 9.62. The third-order valence-corrected chi connectivity index (χ3v) is 7.36. The number of hydrogen-bond acceptors (Lipinski definition) is 3. The van der Waals surface area contributed by atoms with Crippen LogP contribution in [0.4, 0.5) is 0 Å². The lowest BCUT2D eigenvalue weighted by atomic mass is 9.91. The van der Waals surface area contributed by atoms with Crippen LogP contribution in [0, 0.1) is 0 Å². The fourth-order valence-corrected chi connectivity index (χ4v) is 5.27. The number of benzene rings is 2. The predicted molar refractivity (Wildman–Crippen MR) is 131 cm³/mol. The Hall–Kier alpha value is -2.17. The number of carbonyl (C=O) groups is 1. The standard InChI is InChI=1S/C28H38N2O2/c1-21-20-30(28(31)14-18-32-3)17-13-25-10-11-26(19-27(21)25)24-8-6-23(7-9-24)12-16-29-15-4-5-22(29)2/h6-11,19,21-22H,4-5,12-18,20H2,1-3H3/t21-,22+/m0/s1. The summed E-state index contributed by atoms with van der Waals surface area (Å²) in [6, 6.07) is 16.7. The highest BCUT2D eigenvalue weighted by Gasteiger charge is 2.23. The second-order valence-corrected chi connectivity index (χ2v) is 9.62. The molecule has 0 aromatic heterocycles. The van der Waals surface area contributed by atoms with Crippen LogP contribution in [-0.2, 0) is 22.4 Å². The zero-order valence-electron chi connectivity index (χ0n) is 20.0. The molecule has 0 saturated carbocycles. The highest BCUT2D eigenvalue weighted by atomic mass is 16.5. The molecule has 2 aromatic rings. The van der Waals surface area contributed by atoms with E-state index in [1.807, 2.05) is 4.90 Å². The van der Waals surface area contributed by atoms with Gasteiger partial charge < -0.3 is 14.5 Å². The molecular formula is C28H38N2O2. The number of carbonyl (C=O) groups excluding carboxylic acids is 1. The number of hydrogen-bond donors (Lipinski definition) is 0. The normalized spacial score (nSPS) is 21.4. The molecule has 0 aliphatic carbocycles. The molecule has 0 unspecified atom stereocenters. The van der Waals surface area contributed by atoms with Crippen molar-refractivity contribution in [2.75, 3.05) is 39.9 Å². The van der Waals surface area contributed by atoms with Gasteiger partial charge in [0.1, 0.15) is 0 Å². The van der Waals surface area contributed by atoms with Gasteiger partial charge in [-0.2, -0.15) is 0 Å². The van der Waals surface area contributed by atoms with Crippen molar-refractivity contribution < 1.29 is 9.53 Å². The van der Waals surface area contributed by atoms with Crippen molar-refractivity contribution in [2.24, 2.45) is 0 Å². The molecule has 2 atom stereocenters. The summed E-state index contributed by atoms with van der Waals surface area (Å²) in [5.74, 6) is 0.534. The summed E-state index contributed by atoms with van der Waals surface area (Å²) in [7, 11) is 1.65. The molecule has 4 rings (SSSR count). The van der Waals surface area contributed by atoms with Gasteiger partial charge in [-0.05, 0) is 72.9 Å². The van der Waals surface area contributed by atoms with Gasteiger partial charge >= 0.3 is 0 Å². The van der Waals surface area contributed by atoms with Gasteiger partial charge in [0.25, 0.3) is 0 Å². The SMILES string of the molecule is COCCC(=O)N1CCc2ccc(-c3ccc(CCN4CCC[C@H]4C)cc3)cc2[C@@H](C)C1. The monoisotopic (exact) mass is 434 g/mol. The predicted octanol–water partition coefficient (Wildman–Crippen LogP) is 4.91. The van der Waals surface area contributed by atoms with Crippen molar-refractivity contribution in [1.82, 2.24) is 9.80 Å². The van der Waals surface area contributed by atoms with Crippen LogP contribution in [0.1, 0.15) is 55.7 Å². The lowest BCUT2D eigenvalue weighted by Gasteiger charge is -2.23. The van der Waals surface area contributed by atoms with E-state index in [-0.39, 0.29) is 5.91 Å². The number of nitrogens with zero attached hydrogens (tertiary/aromatic N) is 2. The Bertz CT molecular complexity index is 908. The number of fused-ring (bicyclic) bond motifs is 1. The summed E-state index contributed by atoms with van der Waals surface area (Å²) in [5.41, 5.74) is 6.72. The van der Waals surface area contributed by atoms with Crippen molar-refractivity contribution in [3.8, 4) is 11.1 Å². The number of ether oxygens (including phenoxy) is 1. The summed E-state index contributed by atoms with van der Waals surface area (Å²) < 4.78 is 5.09. The van der Waals surface area contributed by atoms with E-state index in [0.717, 1.165) is 38.5 Å². The molecule has 4 nitrogen and oxygen atoms in total. The lowest BCUT2D eigenvalue weighted by molar-refractivity contribution is -0.132. The van der Waals surface area contributed by atoms with Crippen LogP contribution in [0.25, 0.3) is 11.1 Å². The first kappa shape index (κ1) is 23.0. The van der Waals surface area contributed by atoms with Crippen LogP contribution in [-0.4, -0.2) is 61.6 Å². The molecule has 2 heterocycles. The highest BCUT2D eigenvalue weighted by Crippen LogP contribution is 2.31. The first-order valence-electron chi connectivity index (χ1n) is 12.3. The molecule has 4 heteroatoms. The topological polar surface area (TPSA) is 32.8 Å². The van der Waals surface area contributed by atoms with Crippen LogP contribution in [0.15, 0.2) is 42.5 Å². The number of amides is 1. The summed E-state index contributed by atoms with van der Waals surface area (Å²) in [6.45, 7) is 9.08. The molecular weight excluding hydrogens is 396 g/mol. The van der Waals surface area contributed by atoms with Crippen LogP contribution in [0.2, 0.25) is 0 Å². The third kappa shape index (κ3) is 5.41. The maximum Gasteiger partial charge on any atom is 0.224 e. The molecule has 32 heavy (non-hydrogen) atoms. The molecule has 172 valence electrons. The minimum absolute atomic E-state index is 0.200. The van der Waals surface area contributed by atoms with Gasteiger partial charge in [-0.3, -0.25) is 4.79 Å². The van der Waals surface area contributed by atoms with Crippen molar-refractivity contribution in [3.05, 3.63) is 59.2 Å². The molecule has 0 N–H and O–H groups in total. The largest absolute Gasteiger partial charge is 0.384 e. The third-order valence-electron chi connectivity index (χ3n) is 7.36. The molecule has 1 fully saturated rings. The zero-order valence-corrected chi connectivity index (χ0v) is 20.0. The van der Waals surface area contributed by atoms with Crippen molar-refractivity contribution in [1.29, 1.82) is 0 Å². The average molecular weight is 435 g/mol. The molecule has 2 aliphatic heterocycles. The first-order chi connectivity index (χ1) is 15.5. The van der Waals surface area contributed by atoms with E-state index >= 15 is 0 Å². The van der Waals surface area contributed by atoms with E-state index in [1.165, 1.54) is 47.2 Å². The maximum absolute atomic E-state index is 12.5. The quantitative estimate of drug-likeness (QED) is 0.621. The Balaban J connectivity index is 1.42. The molecule has 1 saturated heterocycles. The van der Waals surface area contributed by atoms with Crippen LogP contribution in [0.3, 0.4) is 0 Å². The van der Waals surface area contributed by atoms with Gasteiger partial charge in [-0.1, -0.05) is 49.4 Å². The van der Waals surface area contributed by atoms with Crippen LogP contribution < -0.4 is 0 Å². The maximum atomic E-state index is 12.5. The molecule has 1 amide bonds. The summed E-state index contributed by atoms with van der Waals surface area (Å²) in [4.78, 5) is 17.2. The Morgan fingerprint density at radius 1 is 1.06 bits per heavy atom. The van der Waals surface area contributed by atoms with E-state index < -0.39 is 0 Å². The average Bonchev–Trinajstić information content (AvgIpc) is 3.15. The summed E-state index contributed by atoms with van der Waals surface area (Å²) >= 11 is 0. The Labute approximate surface area is 193 Å². The molecule has 0 radical (unpaired) electrons. The molecule has 0 bridgehead atoms. The van der Waals surface area contributed by atoms with E-state index in [9.17, 15) is 4.79 Å². The lowest BCUT2D eigenvalue weighted by Crippen LogP contribution is -2.34. The van der Waals surface area contributed by atoms with E-state index in [1.54, 1.807) is 7.11 Å². The van der Waals surface area contributed by atoms with E-state index in [2.05, 4.69) is 61.2 Å². The van der Waals surface area contributed by atoms with Gasteiger partial charge in [-0.25, -0.2) is 0 Å². The Morgan fingerprint density at radius 2 is 1.84 bits per heavy atom. The fraction of sp³-hybridized carbons (Fsp3) is 0.536. The molecule has 2 aromatic carbocycles. The molecule has 2 aliphatic rings. The van der Waals surface area contributed by atoms with Gasteiger partial charge in [0.15, 0.2) is 0 Å². The van der Waals surface area contributed by atoms with E-state index in [4.69, 9.17) is 4.74 Å². The minimum atomic E-state index is 0.200. The zero-order chi connectivity index (χ0) is 22.5. The second kappa shape index (κ2) is 10.6. The van der Waals surface area contributed by atoms with Gasteiger partial charge in [0, 0.05) is 32.8 Å². The van der Waals surface area contributed by atoms with Crippen LogP contribution in [0.5, 0.6) is 0 Å². The number of methoxy groups -OCH3 is 1. The van der Waals surface area contributed by atoms with Crippen molar-refractivity contribution >= 4 is 5.91 Å².